The van der Waals surface area contributed by atoms with Gasteiger partial charge in [-0.3, -0.25) is 28.9 Å². The zero-order valence-electron chi connectivity index (χ0n) is 24.0. The Labute approximate surface area is 258 Å². The molecule has 1 saturated carbocycles. The largest absolute Gasteiger partial charge is 0.488 e. The van der Waals surface area contributed by atoms with Crippen molar-refractivity contribution in [3.8, 4) is 5.75 Å². The molecule has 4 atom stereocenters. The van der Waals surface area contributed by atoms with E-state index in [0.29, 0.717) is 67.8 Å². The molecule has 10 nitrogen and oxygen atoms in total. The Balaban J connectivity index is 1.40. The molecule has 0 unspecified atom stereocenters. The van der Waals surface area contributed by atoms with Crippen molar-refractivity contribution in [1.29, 1.82) is 0 Å². The first-order valence-corrected chi connectivity index (χ1v) is 15.7. The van der Waals surface area contributed by atoms with Crippen molar-refractivity contribution in [2.75, 3.05) is 26.2 Å². The lowest BCUT2D eigenvalue weighted by atomic mass is 9.77. The van der Waals surface area contributed by atoms with Gasteiger partial charge >= 0.3 is 5.97 Å². The Morgan fingerprint density at radius 3 is 2.26 bits per heavy atom. The second-order valence-electron chi connectivity index (χ2n) is 11.8. The van der Waals surface area contributed by atoms with E-state index in [4.69, 9.17) is 4.74 Å². The van der Waals surface area contributed by atoms with Gasteiger partial charge in [0.15, 0.2) is 0 Å². The number of carbonyl (C=O) groups excluding carboxylic acids is 4. The van der Waals surface area contributed by atoms with E-state index in [2.05, 4.69) is 15.9 Å². The first-order chi connectivity index (χ1) is 20.7. The standard InChI is InChI=1S/C32H34BrN3O7/c1-18(37)34-14-12-19(16-34)43-27-11-10-25(33)24-13-15-35(29(38)22-8-4-5-9-23(22)32(41)42)26(28(24)27)17-36-30(39)20-6-2-3-7-21(20)31(36)40/h2-3,6-7,10-11,19,22-23,26H,4-5,8-9,12-17H2,1H3,(H,41,42)/t19-,22+,23-,26+/m0/s1. The molecular formula is C32H34BrN3O7. The van der Waals surface area contributed by atoms with Gasteiger partial charge in [-0.1, -0.05) is 40.9 Å². The lowest BCUT2D eigenvalue weighted by Gasteiger charge is -2.43. The molecule has 0 radical (unpaired) electrons. The highest BCUT2D eigenvalue weighted by Crippen LogP contribution is 2.44. The van der Waals surface area contributed by atoms with Crippen molar-refractivity contribution in [3.05, 3.63) is 63.1 Å². The third kappa shape index (κ3) is 5.32. The van der Waals surface area contributed by atoms with Gasteiger partial charge in [0.25, 0.3) is 11.8 Å². The summed E-state index contributed by atoms with van der Waals surface area (Å²) in [6.45, 7) is 2.77. The number of ether oxygens (including phenoxy) is 1. The number of hydrogen-bond acceptors (Lipinski definition) is 6. The summed E-state index contributed by atoms with van der Waals surface area (Å²) in [4.78, 5) is 70.0. The van der Waals surface area contributed by atoms with Gasteiger partial charge in [0.05, 0.1) is 42.1 Å². The molecule has 6 rings (SSSR count). The molecule has 226 valence electrons. The molecule has 2 aromatic rings. The summed E-state index contributed by atoms with van der Waals surface area (Å²) in [5, 5.41) is 9.96. The van der Waals surface area contributed by atoms with E-state index in [-0.39, 0.29) is 24.5 Å². The molecule has 1 saturated heterocycles. The van der Waals surface area contributed by atoms with Crippen LogP contribution in [0.5, 0.6) is 5.75 Å². The molecule has 3 heterocycles. The number of halogens is 1. The van der Waals surface area contributed by atoms with Gasteiger partial charge in [0.2, 0.25) is 11.8 Å². The van der Waals surface area contributed by atoms with E-state index in [0.717, 1.165) is 22.9 Å². The lowest BCUT2D eigenvalue weighted by Crippen LogP contribution is -2.50. The normalized spacial score (nSPS) is 25.0. The maximum absolute atomic E-state index is 14.3. The average molecular weight is 653 g/mol. The van der Waals surface area contributed by atoms with Crippen molar-refractivity contribution >= 4 is 45.5 Å². The van der Waals surface area contributed by atoms with Gasteiger partial charge in [0.1, 0.15) is 11.9 Å². The monoisotopic (exact) mass is 651 g/mol. The maximum atomic E-state index is 14.3. The molecule has 11 heteroatoms. The number of carbonyl (C=O) groups is 5. The van der Waals surface area contributed by atoms with Crippen LogP contribution in [-0.2, 0) is 20.8 Å². The van der Waals surface area contributed by atoms with Crippen LogP contribution in [0, 0.1) is 11.8 Å². The summed E-state index contributed by atoms with van der Waals surface area (Å²) in [5.41, 5.74) is 2.26. The third-order valence-corrected chi connectivity index (χ3v) is 10.1. The van der Waals surface area contributed by atoms with Gasteiger partial charge in [-0.05, 0) is 49.1 Å². The molecular weight excluding hydrogens is 618 g/mol. The van der Waals surface area contributed by atoms with Gasteiger partial charge in [0, 0.05) is 36.5 Å². The van der Waals surface area contributed by atoms with E-state index >= 15 is 0 Å². The van der Waals surface area contributed by atoms with Crippen LogP contribution < -0.4 is 4.74 Å². The van der Waals surface area contributed by atoms with Gasteiger partial charge in [-0.15, -0.1) is 0 Å². The quantitative estimate of drug-likeness (QED) is 0.467. The van der Waals surface area contributed by atoms with Crippen molar-refractivity contribution in [2.45, 2.75) is 57.6 Å². The SMILES string of the molecule is CC(=O)N1CC[C@H](Oc2ccc(Br)c3c2[C@@H](CN2C(=O)c4ccccc4C2=O)N(C(=O)[C@@H]2CCCC[C@@H]2C(=O)O)CC3)C1. The molecule has 2 fully saturated rings. The van der Waals surface area contributed by atoms with Crippen LogP contribution in [0.1, 0.15) is 76.9 Å². The van der Waals surface area contributed by atoms with Crippen LogP contribution in [0.2, 0.25) is 0 Å². The van der Waals surface area contributed by atoms with Crippen molar-refractivity contribution in [2.24, 2.45) is 11.8 Å². The second kappa shape index (κ2) is 11.7. The Kier molecular flexibility index (Phi) is 8.02. The predicted molar refractivity (Wildman–Crippen MR) is 158 cm³/mol. The number of rotatable bonds is 6. The Morgan fingerprint density at radius 2 is 1.63 bits per heavy atom. The zero-order valence-corrected chi connectivity index (χ0v) is 25.5. The van der Waals surface area contributed by atoms with Crippen molar-refractivity contribution in [1.82, 2.24) is 14.7 Å². The molecule has 4 amide bonds. The minimum absolute atomic E-state index is 0.0234. The fourth-order valence-corrected chi connectivity index (χ4v) is 7.68. The number of nitrogens with zero attached hydrogens (tertiary/aromatic N) is 3. The number of imide groups is 1. The topological polar surface area (TPSA) is 125 Å². The first kappa shape index (κ1) is 29.3. The molecule has 1 N–H and O–H groups in total. The summed E-state index contributed by atoms with van der Waals surface area (Å²) in [5.74, 6) is -3.05. The van der Waals surface area contributed by atoms with Gasteiger partial charge in [-0.25, -0.2) is 0 Å². The molecule has 2 aromatic carbocycles. The zero-order chi connectivity index (χ0) is 30.4. The second-order valence-corrected chi connectivity index (χ2v) is 12.7. The van der Waals surface area contributed by atoms with Crippen LogP contribution in [0.25, 0.3) is 0 Å². The Hall–Kier alpha value is -3.73. The number of carboxylic acid groups (broad SMARTS) is 1. The van der Waals surface area contributed by atoms with E-state index < -0.39 is 35.7 Å². The summed E-state index contributed by atoms with van der Waals surface area (Å²) in [6, 6.07) is 9.64. The highest BCUT2D eigenvalue weighted by atomic mass is 79.9. The minimum Gasteiger partial charge on any atom is -0.488 e. The smallest absolute Gasteiger partial charge is 0.307 e. The Morgan fingerprint density at radius 1 is 0.953 bits per heavy atom. The number of fused-ring (bicyclic) bond motifs is 2. The maximum Gasteiger partial charge on any atom is 0.307 e. The third-order valence-electron chi connectivity index (χ3n) is 9.37. The fraction of sp³-hybridized carbons (Fsp3) is 0.469. The lowest BCUT2D eigenvalue weighted by molar-refractivity contribution is -0.153. The number of benzene rings is 2. The summed E-state index contributed by atoms with van der Waals surface area (Å²) in [7, 11) is 0. The van der Waals surface area contributed by atoms with Gasteiger partial charge < -0.3 is 19.6 Å². The number of amides is 4. The number of carboxylic acids is 1. The summed E-state index contributed by atoms with van der Waals surface area (Å²) < 4.78 is 7.34. The van der Waals surface area contributed by atoms with E-state index in [1.54, 1.807) is 34.1 Å². The minimum atomic E-state index is -0.976. The van der Waals surface area contributed by atoms with E-state index in [9.17, 15) is 29.1 Å². The molecule has 43 heavy (non-hydrogen) atoms. The first-order valence-electron chi connectivity index (χ1n) is 14.9. The number of aliphatic carboxylic acids is 1. The van der Waals surface area contributed by atoms with Crippen molar-refractivity contribution in [3.63, 3.8) is 0 Å². The van der Waals surface area contributed by atoms with Crippen LogP contribution in [0.4, 0.5) is 0 Å². The van der Waals surface area contributed by atoms with Crippen LogP contribution in [0.15, 0.2) is 40.9 Å². The molecule has 0 spiro atoms. The molecule has 0 aromatic heterocycles. The number of likely N-dealkylation sites (tertiary alicyclic amines) is 1. The number of hydrogen-bond donors (Lipinski definition) is 1. The van der Waals surface area contributed by atoms with Crippen LogP contribution in [-0.4, -0.2) is 81.7 Å². The average Bonchev–Trinajstić information content (AvgIpc) is 3.57. The highest BCUT2D eigenvalue weighted by Gasteiger charge is 2.45. The molecule has 0 bridgehead atoms. The Bertz CT molecular complexity index is 1470. The fourth-order valence-electron chi connectivity index (χ4n) is 7.14. The van der Waals surface area contributed by atoms with Crippen LogP contribution in [0.3, 0.4) is 0 Å². The predicted octanol–water partition coefficient (Wildman–Crippen LogP) is 4.06. The molecule has 3 aliphatic heterocycles. The summed E-state index contributed by atoms with van der Waals surface area (Å²) >= 11 is 3.67. The van der Waals surface area contributed by atoms with E-state index in [1.807, 2.05) is 12.1 Å². The summed E-state index contributed by atoms with van der Waals surface area (Å²) in [6.07, 6.45) is 3.32. The van der Waals surface area contributed by atoms with Crippen molar-refractivity contribution < 1.29 is 33.8 Å². The van der Waals surface area contributed by atoms with Crippen LogP contribution >= 0.6 is 15.9 Å². The molecule has 1 aliphatic carbocycles. The highest BCUT2D eigenvalue weighted by molar-refractivity contribution is 9.10. The van der Waals surface area contributed by atoms with E-state index in [1.165, 1.54) is 11.8 Å². The molecule has 4 aliphatic rings. The van der Waals surface area contributed by atoms with Gasteiger partial charge in [-0.2, -0.15) is 0 Å².